The molecule has 1 aliphatic rings. The summed E-state index contributed by atoms with van der Waals surface area (Å²) >= 11 is 0. The number of esters is 1. The molecule has 1 aromatic heterocycles. The lowest BCUT2D eigenvalue weighted by Crippen LogP contribution is -2.39. The number of halogens is 3. The van der Waals surface area contributed by atoms with Crippen LogP contribution in [0.4, 0.5) is 19.1 Å². The second kappa shape index (κ2) is 7.50. The number of alkyl halides is 3. The highest BCUT2D eigenvalue weighted by molar-refractivity contribution is 6.04. The van der Waals surface area contributed by atoms with Gasteiger partial charge in [0.1, 0.15) is 18.3 Å². The average Bonchev–Trinajstić information content (AvgIpc) is 3.08. The molecule has 0 amide bonds. The SMILES string of the molecule is CCCC1=Nc2ncnn2C(c2ccccc2C(F)(F)F)C1C(=O)OCC. The van der Waals surface area contributed by atoms with E-state index in [2.05, 4.69) is 15.1 Å². The molecule has 6 nitrogen and oxygen atoms in total. The molecule has 2 atom stereocenters. The molecule has 0 N–H and O–H groups in total. The van der Waals surface area contributed by atoms with Gasteiger partial charge in [-0.05, 0) is 25.0 Å². The predicted molar refractivity (Wildman–Crippen MR) is 91.7 cm³/mol. The van der Waals surface area contributed by atoms with Crippen LogP contribution in [0.1, 0.15) is 43.9 Å². The summed E-state index contributed by atoms with van der Waals surface area (Å²) in [5.41, 5.74) is -0.416. The highest BCUT2D eigenvalue weighted by Gasteiger charge is 2.45. The predicted octanol–water partition coefficient (Wildman–Crippen LogP) is 3.95. The number of carbonyl (C=O) groups excluding carboxylic acids is 1. The van der Waals surface area contributed by atoms with Crippen molar-refractivity contribution in [3.05, 3.63) is 41.7 Å². The van der Waals surface area contributed by atoms with Crippen LogP contribution in [0, 0.1) is 5.92 Å². The Hall–Kier alpha value is -2.71. The standard InChI is InChI=1S/C18H19F3N4O2/c1-3-7-13-14(16(26)27-4-2)15(25-17(24-13)22-10-23-25)11-8-5-6-9-12(11)18(19,20)21/h5-6,8-10,14-15H,3-4,7H2,1-2H3. The fourth-order valence-corrected chi connectivity index (χ4v) is 3.33. The minimum Gasteiger partial charge on any atom is -0.465 e. The van der Waals surface area contributed by atoms with Crippen molar-refractivity contribution in [2.75, 3.05) is 6.61 Å². The van der Waals surface area contributed by atoms with Crippen LogP contribution in [-0.2, 0) is 15.7 Å². The lowest BCUT2D eigenvalue weighted by molar-refractivity contribution is -0.147. The normalized spacial score (nSPS) is 19.4. The first kappa shape index (κ1) is 19.1. The van der Waals surface area contributed by atoms with E-state index in [1.54, 1.807) is 6.92 Å². The molecule has 9 heteroatoms. The Bertz CT molecular complexity index is 860. The van der Waals surface area contributed by atoms with Crippen LogP contribution in [-0.4, -0.2) is 33.1 Å². The van der Waals surface area contributed by atoms with Crippen LogP contribution in [0.2, 0.25) is 0 Å². The molecule has 0 radical (unpaired) electrons. The van der Waals surface area contributed by atoms with Gasteiger partial charge in [0, 0.05) is 5.71 Å². The number of fused-ring (bicyclic) bond motifs is 1. The molecular formula is C18H19F3N4O2. The second-order valence-electron chi connectivity index (χ2n) is 6.12. The van der Waals surface area contributed by atoms with Crippen molar-refractivity contribution in [1.82, 2.24) is 14.8 Å². The Kier molecular flexibility index (Phi) is 5.29. The maximum Gasteiger partial charge on any atom is 0.416 e. The van der Waals surface area contributed by atoms with Crippen molar-refractivity contribution < 1.29 is 22.7 Å². The third-order valence-corrected chi connectivity index (χ3v) is 4.37. The van der Waals surface area contributed by atoms with Gasteiger partial charge in [0.05, 0.1) is 12.2 Å². The van der Waals surface area contributed by atoms with Gasteiger partial charge in [-0.25, -0.2) is 9.67 Å². The first-order chi connectivity index (χ1) is 12.9. The Labute approximate surface area is 154 Å². The zero-order chi connectivity index (χ0) is 19.6. The molecular weight excluding hydrogens is 361 g/mol. The van der Waals surface area contributed by atoms with E-state index in [-0.39, 0.29) is 18.1 Å². The van der Waals surface area contributed by atoms with Gasteiger partial charge in [-0.2, -0.15) is 23.3 Å². The van der Waals surface area contributed by atoms with Gasteiger partial charge < -0.3 is 4.74 Å². The number of rotatable bonds is 5. The Balaban J connectivity index is 2.22. The number of carbonyl (C=O) groups is 1. The van der Waals surface area contributed by atoms with E-state index in [1.807, 2.05) is 6.92 Å². The summed E-state index contributed by atoms with van der Waals surface area (Å²) in [5.74, 6) is -1.43. The largest absolute Gasteiger partial charge is 0.465 e. The van der Waals surface area contributed by atoms with E-state index in [9.17, 15) is 18.0 Å². The first-order valence-corrected chi connectivity index (χ1v) is 8.68. The molecule has 27 heavy (non-hydrogen) atoms. The summed E-state index contributed by atoms with van der Waals surface area (Å²) in [7, 11) is 0. The van der Waals surface area contributed by atoms with Gasteiger partial charge in [0.25, 0.3) is 0 Å². The smallest absolute Gasteiger partial charge is 0.416 e. The van der Waals surface area contributed by atoms with E-state index in [0.29, 0.717) is 18.6 Å². The number of hydrogen-bond donors (Lipinski definition) is 0. The van der Waals surface area contributed by atoms with Crippen LogP contribution in [0.25, 0.3) is 0 Å². The van der Waals surface area contributed by atoms with Crippen molar-refractivity contribution in [3.63, 3.8) is 0 Å². The number of aliphatic imine (C=N–C) groups is 1. The summed E-state index contributed by atoms with van der Waals surface area (Å²) < 4.78 is 47.3. The van der Waals surface area contributed by atoms with Crippen molar-refractivity contribution in [2.24, 2.45) is 10.9 Å². The van der Waals surface area contributed by atoms with Gasteiger partial charge in [-0.1, -0.05) is 31.5 Å². The number of nitrogens with zero attached hydrogens (tertiary/aromatic N) is 4. The van der Waals surface area contributed by atoms with Crippen molar-refractivity contribution >= 4 is 17.6 Å². The van der Waals surface area contributed by atoms with Crippen LogP contribution in [0.5, 0.6) is 0 Å². The number of hydrogen-bond acceptors (Lipinski definition) is 5. The third kappa shape index (κ3) is 3.58. The first-order valence-electron chi connectivity index (χ1n) is 8.68. The van der Waals surface area contributed by atoms with E-state index < -0.39 is 29.7 Å². The van der Waals surface area contributed by atoms with E-state index >= 15 is 0 Å². The number of ether oxygens (including phenoxy) is 1. The second-order valence-corrected chi connectivity index (χ2v) is 6.12. The fourth-order valence-electron chi connectivity index (χ4n) is 3.33. The zero-order valence-corrected chi connectivity index (χ0v) is 14.9. The minimum atomic E-state index is -4.57. The molecule has 2 unspecified atom stereocenters. The summed E-state index contributed by atoms with van der Waals surface area (Å²) in [6.07, 6.45) is -2.23. The Morgan fingerprint density at radius 1 is 1.26 bits per heavy atom. The van der Waals surface area contributed by atoms with E-state index in [1.165, 1.54) is 29.2 Å². The molecule has 1 aliphatic heterocycles. The molecule has 0 fully saturated rings. The molecule has 0 bridgehead atoms. The average molecular weight is 380 g/mol. The highest BCUT2D eigenvalue weighted by atomic mass is 19.4. The van der Waals surface area contributed by atoms with Crippen LogP contribution < -0.4 is 0 Å². The quantitative estimate of drug-likeness (QED) is 0.737. The lowest BCUT2D eigenvalue weighted by Gasteiger charge is -2.32. The summed E-state index contributed by atoms with van der Waals surface area (Å²) in [6.45, 7) is 3.67. The van der Waals surface area contributed by atoms with E-state index in [4.69, 9.17) is 4.74 Å². The summed E-state index contributed by atoms with van der Waals surface area (Å²) in [4.78, 5) is 21.1. The Morgan fingerprint density at radius 3 is 2.67 bits per heavy atom. The molecule has 2 heterocycles. The Morgan fingerprint density at radius 2 is 2.00 bits per heavy atom. The van der Waals surface area contributed by atoms with Gasteiger partial charge >= 0.3 is 12.1 Å². The molecule has 0 saturated heterocycles. The summed E-state index contributed by atoms with van der Waals surface area (Å²) in [5, 5.41) is 4.05. The molecule has 2 aromatic rings. The molecule has 144 valence electrons. The fraction of sp³-hybridized carbons (Fsp3) is 0.444. The maximum absolute atomic E-state index is 13.6. The van der Waals surface area contributed by atoms with Crippen LogP contribution in [0.15, 0.2) is 35.6 Å². The molecule has 0 aliphatic carbocycles. The van der Waals surface area contributed by atoms with Gasteiger partial charge in [-0.3, -0.25) is 4.79 Å². The molecule has 0 saturated carbocycles. The summed E-state index contributed by atoms with van der Waals surface area (Å²) in [6, 6.07) is 4.16. The molecule has 1 aromatic carbocycles. The van der Waals surface area contributed by atoms with Gasteiger partial charge in [0.2, 0.25) is 5.95 Å². The lowest BCUT2D eigenvalue weighted by atomic mass is 9.84. The van der Waals surface area contributed by atoms with Gasteiger partial charge in [0.15, 0.2) is 0 Å². The monoisotopic (exact) mass is 380 g/mol. The van der Waals surface area contributed by atoms with Crippen LogP contribution >= 0.6 is 0 Å². The minimum absolute atomic E-state index is 0.0571. The third-order valence-electron chi connectivity index (χ3n) is 4.37. The van der Waals surface area contributed by atoms with Crippen LogP contribution in [0.3, 0.4) is 0 Å². The molecule has 0 spiro atoms. The number of aromatic nitrogens is 3. The number of benzene rings is 1. The maximum atomic E-state index is 13.6. The van der Waals surface area contributed by atoms with Crippen molar-refractivity contribution in [3.8, 4) is 0 Å². The van der Waals surface area contributed by atoms with E-state index in [0.717, 1.165) is 6.07 Å². The molecule has 3 rings (SSSR count). The van der Waals surface area contributed by atoms with Gasteiger partial charge in [-0.15, -0.1) is 0 Å². The van der Waals surface area contributed by atoms with Crippen molar-refractivity contribution in [2.45, 2.75) is 38.9 Å². The topological polar surface area (TPSA) is 69.4 Å². The zero-order valence-electron chi connectivity index (χ0n) is 14.9. The highest BCUT2D eigenvalue weighted by Crippen LogP contribution is 2.42. The van der Waals surface area contributed by atoms with Crippen molar-refractivity contribution in [1.29, 1.82) is 0 Å².